The van der Waals surface area contributed by atoms with Crippen LogP contribution >= 0.6 is 0 Å². The molecule has 0 aliphatic heterocycles. The van der Waals surface area contributed by atoms with Crippen LogP contribution in [0.5, 0.6) is 5.75 Å². The van der Waals surface area contributed by atoms with Crippen LogP contribution in [0, 0.1) is 17.3 Å². The zero-order chi connectivity index (χ0) is 13.6. The van der Waals surface area contributed by atoms with Crippen LogP contribution in [0.15, 0.2) is 54.6 Å². The summed E-state index contributed by atoms with van der Waals surface area (Å²) in [6.45, 7) is 3.21. The Balaban J connectivity index is 1.58. The monoisotopic (exact) mass is 264 g/mol. The van der Waals surface area contributed by atoms with Crippen molar-refractivity contribution in [3.05, 3.63) is 54.6 Å². The standard InChI is InChI=1S/C19H20O/c1-19(12-14-9-10-16(19)11-14)13-20-18-8-4-6-15-5-2-3-7-17(15)18/h2-10,14,16H,11-13H2,1H3. The number of rotatable bonds is 3. The number of ether oxygens (including phenoxy) is 1. The molecule has 2 aromatic carbocycles. The van der Waals surface area contributed by atoms with Gasteiger partial charge in [0.05, 0.1) is 6.61 Å². The van der Waals surface area contributed by atoms with Crippen molar-refractivity contribution < 1.29 is 4.74 Å². The number of hydrogen-bond donors (Lipinski definition) is 0. The summed E-state index contributed by atoms with van der Waals surface area (Å²) in [6.07, 6.45) is 7.40. The Morgan fingerprint density at radius 2 is 1.95 bits per heavy atom. The minimum absolute atomic E-state index is 0.316. The molecule has 0 amide bonds. The fourth-order valence-corrected chi connectivity index (χ4v) is 3.92. The van der Waals surface area contributed by atoms with Crippen molar-refractivity contribution in [2.45, 2.75) is 19.8 Å². The van der Waals surface area contributed by atoms with Gasteiger partial charge in [-0.2, -0.15) is 0 Å². The summed E-state index contributed by atoms with van der Waals surface area (Å²) in [6, 6.07) is 14.8. The molecule has 0 N–H and O–H groups in total. The molecule has 3 unspecified atom stereocenters. The molecule has 0 saturated heterocycles. The summed E-state index contributed by atoms with van der Waals surface area (Å²) in [7, 11) is 0. The summed E-state index contributed by atoms with van der Waals surface area (Å²) in [5.41, 5.74) is 0.316. The van der Waals surface area contributed by atoms with E-state index in [2.05, 4.69) is 61.5 Å². The molecule has 0 radical (unpaired) electrons. The van der Waals surface area contributed by atoms with E-state index >= 15 is 0 Å². The minimum Gasteiger partial charge on any atom is -0.492 e. The maximum absolute atomic E-state index is 6.22. The Labute approximate surface area is 120 Å². The molecule has 2 aliphatic carbocycles. The van der Waals surface area contributed by atoms with E-state index in [1.807, 2.05) is 0 Å². The molecule has 1 heteroatoms. The van der Waals surface area contributed by atoms with Gasteiger partial charge >= 0.3 is 0 Å². The molecule has 1 fully saturated rings. The minimum atomic E-state index is 0.316. The van der Waals surface area contributed by atoms with E-state index in [-0.39, 0.29) is 0 Å². The van der Waals surface area contributed by atoms with Crippen molar-refractivity contribution in [1.29, 1.82) is 0 Å². The first-order valence-electron chi connectivity index (χ1n) is 7.53. The van der Waals surface area contributed by atoms with Crippen molar-refractivity contribution in [1.82, 2.24) is 0 Å². The van der Waals surface area contributed by atoms with Crippen molar-refractivity contribution in [3.63, 3.8) is 0 Å². The Hall–Kier alpha value is -1.76. The Morgan fingerprint density at radius 1 is 1.10 bits per heavy atom. The van der Waals surface area contributed by atoms with E-state index in [0.717, 1.165) is 18.3 Å². The summed E-state index contributed by atoms with van der Waals surface area (Å²) in [4.78, 5) is 0. The fourth-order valence-electron chi connectivity index (χ4n) is 3.92. The Bertz CT molecular complexity index is 667. The van der Waals surface area contributed by atoms with Crippen LogP contribution in [0.1, 0.15) is 19.8 Å². The molecule has 2 bridgehead atoms. The van der Waals surface area contributed by atoms with Crippen LogP contribution < -0.4 is 4.74 Å². The predicted octanol–water partition coefficient (Wildman–Crippen LogP) is 4.82. The quantitative estimate of drug-likeness (QED) is 0.722. The van der Waals surface area contributed by atoms with Crippen molar-refractivity contribution in [2.24, 2.45) is 17.3 Å². The van der Waals surface area contributed by atoms with Crippen LogP contribution in [-0.4, -0.2) is 6.61 Å². The molecule has 0 heterocycles. The van der Waals surface area contributed by atoms with Crippen molar-refractivity contribution >= 4 is 10.8 Å². The number of hydrogen-bond acceptors (Lipinski definition) is 1. The molecule has 2 aromatic rings. The highest BCUT2D eigenvalue weighted by Crippen LogP contribution is 2.52. The lowest BCUT2D eigenvalue weighted by Gasteiger charge is -2.31. The second-order valence-electron chi connectivity index (χ2n) is 6.61. The van der Waals surface area contributed by atoms with Crippen LogP contribution in [0.2, 0.25) is 0 Å². The third-order valence-electron chi connectivity index (χ3n) is 5.10. The number of benzene rings is 2. The summed E-state index contributed by atoms with van der Waals surface area (Å²) in [5, 5.41) is 2.47. The second kappa shape index (κ2) is 4.37. The lowest BCUT2D eigenvalue weighted by atomic mass is 9.78. The smallest absolute Gasteiger partial charge is 0.127 e. The average molecular weight is 264 g/mol. The van der Waals surface area contributed by atoms with E-state index in [0.29, 0.717) is 11.3 Å². The molecular formula is C19H20O. The van der Waals surface area contributed by atoms with Gasteiger partial charge in [0.1, 0.15) is 5.75 Å². The second-order valence-corrected chi connectivity index (χ2v) is 6.61. The van der Waals surface area contributed by atoms with Gasteiger partial charge in [-0.3, -0.25) is 0 Å². The molecule has 102 valence electrons. The first-order chi connectivity index (χ1) is 9.74. The molecule has 3 atom stereocenters. The summed E-state index contributed by atoms with van der Waals surface area (Å²) in [5.74, 6) is 2.53. The van der Waals surface area contributed by atoms with Crippen LogP contribution in [0.3, 0.4) is 0 Å². The third kappa shape index (κ3) is 1.84. The van der Waals surface area contributed by atoms with Gasteiger partial charge in [0.2, 0.25) is 0 Å². The Morgan fingerprint density at radius 3 is 2.75 bits per heavy atom. The lowest BCUT2D eigenvalue weighted by Crippen LogP contribution is -2.29. The van der Waals surface area contributed by atoms with E-state index < -0.39 is 0 Å². The maximum Gasteiger partial charge on any atom is 0.127 e. The SMILES string of the molecule is CC1(COc2cccc3ccccc23)CC2C=CC1C2. The maximum atomic E-state index is 6.22. The number of allylic oxidation sites excluding steroid dienone is 2. The molecule has 1 saturated carbocycles. The summed E-state index contributed by atoms with van der Waals surface area (Å²) >= 11 is 0. The van der Waals surface area contributed by atoms with Gasteiger partial charge < -0.3 is 4.74 Å². The average Bonchev–Trinajstić information content (AvgIpc) is 3.05. The first-order valence-corrected chi connectivity index (χ1v) is 7.53. The molecule has 0 aromatic heterocycles. The molecule has 0 spiro atoms. The first kappa shape index (κ1) is 12.0. The van der Waals surface area contributed by atoms with Gasteiger partial charge in [0.15, 0.2) is 0 Å². The van der Waals surface area contributed by atoms with Gasteiger partial charge in [-0.25, -0.2) is 0 Å². The van der Waals surface area contributed by atoms with Crippen LogP contribution in [0.25, 0.3) is 10.8 Å². The van der Waals surface area contributed by atoms with Crippen LogP contribution in [0.4, 0.5) is 0 Å². The highest BCUT2D eigenvalue weighted by molar-refractivity contribution is 5.88. The van der Waals surface area contributed by atoms with Gasteiger partial charge in [-0.05, 0) is 36.1 Å². The molecular weight excluding hydrogens is 244 g/mol. The third-order valence-corrected chi connectivity index (χ3v) is 5.10. The lowest BCUT2D eigenvalue weighted by molar-refractivity contribution is 0.135. The highest BCUT2D eigenvalue weighted by Gasteiger charge is 2.45. The van der Waals surface area contributed by atoms with Gasteiger partial charge in [-0.15, -0.1) is 0 Å². The zero-order valence-corrected chi connectivity index (χ0v) is 11.9. The van der Waals surface area contributed by atoms with Gasteiger partial charge in [0.25, 0.3) is 0 Å². The van der Waals surface area contributed by atoms with E-state index in [9.17, 15) is 0 Å². The summed E-state index contributed by atoms with van der Waals surface area (Å²) < 4.78 is 6.22. The topological polar surface area (TPSA) is 9.23 Å². The van der Waals surface area contributed by atoms with E-state index in [1.54, 1.807) is 0 Å². The van der Waals surface area contributed by atoms with Crippen LogP contribution in [-0.2, 0) is 0 Å². The van der Waals surface area contributed by atoms with E-state index in [1.165, 1.54) is 23.6 Å². The molecule has 20 heavy (non-hydrogen) atoms. The molecule has 4 rings (SSSR count). The highest BCUT2D eigenvalue weighted by atomic mass is 16.5. The number of fused-ring (bicyclic) bond motifs is 3. The normalized spacial score (nSPS) is 31.1. The van der Waals surface area contributed by atoms with Gasteiger partial charge in [0, 0.05) is 10.8 Å². The molecule has 2 aliphatic rings. The van der Waals surface area contributed by atoms with Crippen molar-refractivity contribution in [2.75, 3.05) is 6.61 Å². The van der Waals surface area contributed by atoms with E-state index in [4.69, 9.17) is 4.74 Å². The van der Waals surface area contributed by atoms with Gasteiger partial charge in [-0.1, -0.05) is 55.5 Å². The Kier molecular flexibility index (Phi) is 2.63. The predicted molar refractivity (Wildman–Crippen MR) is 82.9 cm³/mol. The molecule has 1 nitrogen and oxygen atoms in total. The largest absolute Gasteiger partial charge is 0.492 e. The zero-order valence-electron chi connectivity index (χ0n) is 11.9. The fraction of sp³-hybridized carbons (Fsp3) is 0.368. The van der Waals surface area contributed by atoms with Crippen molar-refractivity contribution in [3.8, 4) is 5.75 Å².